The summed E-state index contributed by atoms with van der Waals surface area (Å²) in [7, 11) is 3.43. The number of nitrogens with zero attached hydrogens (tertiary/aromatic N) is 2. The van der Waals surface area contributed by atoms with Gasteiger partial charge >= 0.3 is 0 Å². The second kappa shape index (κ2) is 3.81. The molecule has 1 aromatic carbocycles. The summed E-state index contributed by atoms with van der Waals surface area (Å²) in [6.07, 6.45) is 1.53. The van der Waals surface area contributed by atoms with Crippen LogP contribution in [0, 0.1) is 0 Å². The van der Waals surface area contributed by atoms with Crippen molar-refractivity contribution >= 4 is 22.5 Å². The first-order valence-electron chi connectivity index (χ1n) is 4.96. The molecule has 2 rings (SSSR count). The Bertz CT molecular complexity index is 549. The molecule has 0 spiro atoms. The molecule has 0 saturated carbocycles. The molecule has 1 heterocycles. The fraction of sp³-hybridized carbons (Fsp3) is 0.167. The molecule has 0 bridgehead atoms. The minimum Gasteiger partial charge on any atom is -0.383 e. The number of nitrogens with two attached hydrogens (primary N) is 1. The van der Waals surface area contributed by atoms with Crippen molar-refractivity contribution in [1.29, 1.82) is 0 Å². The lowest BCUT2D eigenvalue weighted by Crippen LogP contribution is -2.22. The van der Waals surface area contributed by atoms with Gasteiger partial charge in [-0.25, -0.2) is 4.98 Å². The second-order valence-electron chi connectivity index (χ2n) is 3.80. The van der Waals surface area contributed by atoms with Crippen LogP contribution in [0.5, 0.6) is 0 Å². The van der Waals surface area contributed by atoms with Gasteiger partial charge in [0, 0.05) is 25.7 Å². The number of carbonyl (C=O) groups is 1. The highest BCUT2D eigenvalue weighted by molar-refractivity contribution is 6.08. The highest BCUT2D eigenvalue weighted by Crippen LogP contribution is 2.22. The number of aromatic nitrogens is 1. The van der Waals surface area contributed by atoms with Gasteiger partial charge in [-0.3, -0.25) is 4.79 Å². The van der Waals surface area contributed by atoms with Crippen molar-refractivity contribution in [2.75, 3.05) is 19.8 Å². The van der Waals surface area contributed by atoms with Gasteiger partial charge in [-0.05, 0) is 5.39 Å². The van der Waals surface area contributed by atoms with Crippen LogP contribution in [0.4, 0.5) is 5.82 Å². The quantitative estimate of drug-likeness (QED) is 0.784. The molecule has 4 nitrogen and oxygen atoms in total. The molecule has 1 aromatic heterocycles. The van der Waals surface area contributed by atoms with Crippen LogP contribution in [0.25, 0.3) is 10.8 Å². The van der Waals surface area contributed by atoms with Crippen LogP contribution < -0.4 is 5.73 Å². The number of nitrogen functional groups attached to an aromatic ring is 1. The third kappa shape index (κ3) is 1.58. The van der Waals surface area contributed by atoms with Crippen molar-refractivity contribution < 1.29 is 4.79 Å². The smallest absolute Gasteiger partial charge is 0.255 e. The fourth-order valence-corrected chi connectivity index (χ4v) is 1.63. The average Bonchev–Trinajstić information content (AvgIpc) is 2.29. The summed E-state index contributed by atoms with van der Waals surface area (Å²) in [5.74, 6) is 0.384. The maximum absolute atomic E-state index is 11.9. The monoisotopic (exact) mass is 215 g/mol. The zero-order chi connectivity index (χ0) is 11.7. The second-order valence-corrected chi connectivity index (χ2v) is 3.80. The summed E-state index contributed by atoms with van der Waals surface area (Å²) < 4.78 is 0. The first-order valence-corrected chi connectivity index (χ1v) is 4.96. The van der Waals surface area contributed by atoms with Gasteiger partial charge in [0.1, 0.15) is 5.82 Å². The number of carbonyl (C=O) groups excluding carboxylic acids is 1. The molecule has 2 N–H and O–H groups in total. The molecule has 1 amide bonds. The van der Waals surface area contributed by atoms with E-state index in [9.17, 15) is 4.79 Å². The lowest BCUT2D eigenvalue weighted by Gasteiger charge is -2.12. The van der Waals surface area contributed by atoms with Crippen LogP contribution in [0.3, 0.4) is 0 Å². The minimum absolute atomic E-state index is 0.0660. The molecule has 0 radical (unpaired) electrons. The lowest BCUT2D eigenvalue weighted by atomic mass is 10.1. The van der Waals surface area contributed by atoms with Crippen LogP contribution in [0.1, 0.15) is 10.4 Å². The van der Waals surface area contributed by atoms with Gasteiger partial charge in [-0.2, -0.15) is 0 Å². The lowest BCUT2D eigenvalue weighted by molar-refractivity contribution is 0.0829. The van der Waals surface area contributed by atoms with Gasteiger partial charge < -0.3 is 10.6 Å². The molecule has 0 aliphatic rings. The molecule has 16 heavy (non-hydrogen) atoms. The van der Waals surface area contributed by atoms with E-state index in [0.29, 0.717) is 11.4 Å². The van der Waals surface area contributed by atoms with E-state index in [1.807, 2.05) is 24.3 Å². The predicted octanol–water partition coefficient (Wildman–Crippen LogP) is 1.52. The van der Waals surface area contributed by atoms with Crippen LogP contribution in [-0.4, -0.2) is 29.9 Å². The Balaban J connectivity index is 2.72. The third-order valence-electron chi connectivity index (χ3n) is 2.46. The number of hydrogen-bond donors (Lipinski definition) is 1. The summed E-state index contributed by atoms with van der Waals surface area (Å²) in [5, 5.41) is 1.66. The van der Waals surface area contributed by atoms with Gasteiger partial charge in [0.25, 0.3) is 5.91 Å². The van der Waals surface area contributed by atoms with E-state index in [1.165, 1.54) is 11.1 Å². The third-order valence-corrected chi connectivity index (χ3v) is 2.46. The van der Waals surface area contributed by atoms with E-state index in [0.717, 1.165) is 10.8 Å². The number of benzene rings is 1. The number of amides is 1. The average molecular weight is 215 g/mol. The number of pyridine rings is 1. The van der Waals surface area contributed by atoms with E-state index in [1.54, 1.807) is 14.1 Å². The van der Waals surface area contributed by atoms with Crippen LogP contribution in [0.15, 0.2) is 30.5 Å². The molecule has 0 aliphatic heterocycles. The molecule has 0 atom stereocenters. The minimum atomic E-state index is -0.0660. The van der Waals surface area contributed by atoms with Crippen molar-refractivity contribution in [2.24, 2.45) is 0 Å². The van der Waals surface area contributed by atoms with Crippen LogP contribution >= 0.6 is 0 Å². The Morgan fingerprint density at radius 2 is 1.88 bits per heavy atom. The zero-order valence-corrected chi connectivity index (χ0v) is 9.27. The highest BCUT2D eigenvalue weighted by atomic mass is 16.2. The largest absolute Gasteiger partial charge is 0.383 e. The molecule has 0 saturated heterocycles. The first-order chi connectivity index (χ1) is 7.61. The summed E-state index contributed by atoms with van der Waals surface area (Å²) in [4.78, 5) is 17.5. The van der Waals surface area contributed by atoms with Gasteiger partial charge in [-0.15, -0.1) is 0 Å². The Kier molecular flexibility index (Phi) is 2.48. The number of hydrogen-bond acceptors (Lipinski definition) is 3. The maximum Gasteiger partial charge on any atom is 0.255 e. The maximum atomic E-state index is 11.9. The van der Waals surface area contributed by atoms with Crippen LogP contribution in [0.2, 0.25) is 0 Å². The predicted molar refractivity (Wildman–Crippen MR) is 64.2 cm³/mol. The molecule has 0 unspecified atom stereocenters. The summed E-state index contributed by atoms with van der Waals surface area (Å²) in [6, 6.07) is 7.51. The molecule has 0 fully saturated rings. The van der Waals surface area contributed by atoms with Gasteiger partial charge in [0.15, 0.2) is 0 Å². The van der Waals surface area contributed by atoms with Gasteiger partial charge in [0.05, 0.1) is 5.56 Å². The van der Waals surface area contributed by atoms with Gasteiger partial charge in [0.2, 0.25) is 0 Å². The van der Waals surface area contributed by atoms with Gasteiger partial charge in [-0.1, -0.05) is 24.3 Å². The van der Waals surface area contributed by atoms with E-state index >= 15 is 0 Å². The summed E-state index contributed by atoms with van der Waals surface area (Å²) in [5.41, 5.74) is 6.34. The van der Waals surface area contributed by atoms with E-state index in [-0.39, 0.29) is 5.91 Å². The van der Waals surface area contributed by atoms with E-state index in [2.05, 4.69) is 4.98 Å². The molecular weight excluding hydrogens is 202 g/mol. The van der Waals surface area contributed by atoms with Crippen molar-refractivity contribution in [1.82, 2.24) is 9.88 Å². The van der Waals surface area contributed by atoms with Crippen LogP contribution in [-0.2, 0) is 0 Å². The number of fused-ring (bicyclic) bond motifs is 1. The van der Waals surface area contributed by atoms with E-state index < -0.39 is 0 Å². The summed E-state index contributed by atoms with van der Waals surface area (Å²) >= 11 is 0. The Morgan fingerprint density at radius 1 is 1.25 bits per heavy atom. The standard InChI is InChI=1S/C12H13N3O/c1-15(2)12(16)10-7-14-11(13)9-6-4-3-5-8(9)10/h3-7H,1-2H3,(H2,13,14). The SMILES string of the molecule is CN(C)C(=O)c1cnc(N)c2ccccc12. The summed E-state index contributed by atoms with van der Waals surface area (Å²) in [6.45, 7) is 0. The topological polar surface area (TPSA) is 59.2 Å². The Labute approximate surface area is 93.7 Å². The zero-order valence-electron chi connectivity index (χ0n) is 9.27. The highest BCUT2D eigenvalue weighted by Gasteiger charge is 2.13. The normalized spacial score (nSPS) is 10.4. The number of rotatable bonds is 1. The van der Waals surface area contributed by atoms with Crippen molar-refractivity contribution in [3.63, 3.8) is 0 Å². The molecule has 82 valence electrons. The Hall–Kier alpha value is -2.10. The van der Waals surface area contributed by atoms with E-state index in [4.69, 9.17) is 5.73 Å². The molecular formula is C12H13N3O. The van der Waals surface area contributed by atoms with Crippen molar-refractivity contribution in [3.8, 4) is 0 Å². The Morgan fingerprint density at radius 3 is 2.50 bits per heavy atom. The first kappa shape index (κ1) is 10.4. The molecule has 0 aliphatic carbocycles. The molecule has 4 heteroatoms. The van der Waals surface area contributed by atoms with Crippen molar-refractivity contribution in [3.05, 3.63) is 36.0 Å². The molecule has 2 aromatic rings. The van der Waals surface area contributed by atoms with Crippen molar-refractivity contribution in [2.45, 2.75) is 0 Å². The number of anilines is 1. The fourth-order valence-electron chi connectivity index (χ4n) is 1.63.